The maximum absolute atomic E-state index is 10.0. The van der Waals surface area contributed by atoms with Crippen LogP contribution in [0.5, 0.6) is 0 Å². The standard InChI is InChI=1S/C4H11NO3S.Na/c1-2-5-3-4-9(6,7)8;/h5H,2-4H2,1H3,(H,6,7,8);/q;+1. The predicted octanol–water partition coefficient (Wildman–Crippen LogP) is -3.51. The number of hydrogen-bond donors (Lipinski definition) is 2. The van der Waals surface area contributed by atoms with Gasteiger partial charge in [0.2, 0.25) is 0 Å². The Morgan fingerprint density at radius 3 is 2.30 bits per heavy atom. The second kappa shape index (κ2) is 6.57. The van der Waals surface area contributed by atoms with E-state index in [1.807, 2.05) is 6.92 Å². The summed E-state index contributed by atoms with van der Waals surface area (Å²) in [5.41, 5.74) is 0. The Balaban J connectivity index is 0. The molecule has 0 fully saturated rings. The largest absolute Gasteiger partial charge is 1.00 e. The molecule has 0 radical (unpaired) electrons. The molecule has 10 heavy (non-hydrogen) atoms. The molecule has 4 nitrogen and oxygen atoms in total. The third-order valence-electron chi connectivity index (χ3n) is 0.787. The third-order valence-corrected chi connectivity index (χ3v) is 1.51. The van der Waals surface area contributed by atoms with Crippen LogP contribution >= 0.6 is 0 Å². The Bertz CT molecular complexity index is 156. The molecule has 0 unspecified atom stereocenters. The molecule has 2 N–H and O–H groups in total. The van der Waals surface area contributed by atoms with E-state index in [-0.39, 0.29) is 35.3 Å². The summed E-state index contributed by atoms with van der Waals surface area (Å²) in [4.78, 5) is 0. The first-order chi connectivity index (χ1) is 4.06. The summed E-state index contributed by atoms with van der Waals surface area (Å²) in [5.74, 6) is -0.208. The summed E-state index contributed by atoms with van der Waals surface area (Å²) in [6.45, 7) is 2.90. The van der Waals surface area contributed by atoms with Crippen molar-refractivity contribution in [3.63, 3.8) is 0 Å². The SMILES string of the molecule is CCNCCS(=O)(=O)O.[Na+]. The molecule has 0 aromatic rings. The van der Waals surface area contributed by atoms with Gasteiger partial charge in [-0.2, -0.15) is 8.42 Å². The Labute approximate surface area is 83.4 Å². The van der Waals surface area contributed by atoms with Crippen LogP contribution in [0.15, 0.2) is 0 Å². The van der Waals surface area contributed by atoms with E-state index in [0.717, 1.165) is 6.54 Å². The molecule has 0 aromatic carbocycles. The summed E-state index contributed by atoms with van der Waals surface area (Å²) in [7, 11) is -3.76. The molecule has 56 valence electrons. The van der Waals surface area contributed by atoms with Gasteiger partial charge in [0, 0.05) is 6.54 Å². The molecule has 0 bridgehead atoms. The molecular weight excluding hydrogens is 165 g/mol. The van der Waals surface area contributed by atoms with Gasteiger partial charge in [-0.25, -0.2) is 0 Å². The van der Waals surface area contributed by atoms with E-state index in [2.05, 4.69) is 5.32 Å². The van der Waals surface area contributed by atoms with Crippen LogP contribution in [0.1, 0.15) is 6.92 Å². The summed E-state index contributed by atoms with van der Waals surface area (Å²) >= 11 is 0. The molecule has 6 heteroatoms. The zero-order valence-electron chi connectivity index (χ0n) is 6.29. The minimum absolute atomic E-state index is 0. The Kier molecular flexibility index (Phi) is 8.85. The Morgan fingerprint density at radius 1 is 1.50 bits per heavy atom. The molecule has 0 aliphatic rings. The van der Waals surface area contributed by atoms with Crippen molar-refractivity contribution in [3.8, 4) is 0 Å². The monoisotopic (exact) mass is 176 g/mol. The quantitative estimate of drug-likeness (QED) is 0.265. The van der Waals surface area contributed by atoms with Gasteiger partial charge in [0.25, 0.3) is 10.1 Å². The van der Waals surface area contributed by atoms with E-state index in [0.29, 0.717) is 6.54 Å². The van der Waals surface area contributed by atoms with Crippen LogP contribution in [0, 0.1) is 0 Å². The first-order valence-corrected chi connectivity index (χ1v) is 4.33. The number of rotatable bonds is 4. The van der Waals surface area contributed by atoms with E-state index in [4.69, 9.17) is 4.55 Å². The predicted molar refractivity (Wildman–Crippen MR) is 35.0 cm³/mol. The van der Waals surface area contributed by atoms with Gasteiger partial charge in [-0.3, -0.25) is 4.55 Å². The van der Waals surface area contributed by atoms with Crippen LogP contribution in [0.2, 0.25) is 0 Å². The zero-order valence-corrected chi connectivity index (χ0v) is 9.11. The first kappa shape index (κ1) is 13.5. The molecule has 0 aliphatic heterocycles. The second-order valence-corrected chi connectivity index (χ2v) is 3.21. The van der Waals surface area contributed by atoms with Gasteiger partial charge in [-0.15, -0.1) is 0 Å². The van der Waals surface area contributed by atoms with E-state index in [1.54, 1.807) is 0 Å². The van der Waals surface area contributed by atoms with Crippen LogP contribution < -0.4 is 34.9 Å². The fourth-order valence-corrected chi connectivity index (χ4v) is 0.780. The van der Waals surface area contributed by atoms with Gasteiger partial charge < -0.3 is 5.32 Å². The summed E-state index contributed by atoms with van der Waals surface area (Å²) in [6, 6.07) is 0. The molecule has 0 rings (SSSR count). The minimum atomic E-state index is -3.76. The second-order valence-electron chi connectivity index (χ2n) is 1.64. The molecule has 0 spiro atoms. The van der Waals surface area contributed by atoms with Gasteiger partial charge in [0.1, 0.15) is 0 Å². The Hall–Kier alpha value is 0.870. The van der Waals surface area contributed by atoms with Gasteiger partial charge in [-0.05, 0) is 6.54 Å². The van der Waals surface area contributed by atoms with Gasteiger partial charge in [0.15, 0.2) is 0 Å². The van der Waals surface area contributed by atoms with Gasteiger partial charge in [0.05, 0.1) is 5.75 Å². The van der Waals surface area contributed by atoms with Gasteiger partial charge in [-0.1, -0.05) is 6.92 Å². The Morgan fingerprint density at radius 2 is 2.00 bits per heavy atom. The maximum Gasteiger partial charge on any atom is 1.00 e. The average Bonchev–Trinajstić information content (AvgIpc) is 1.63. The van der Waals surface area contributed by atoms with Crippen LogP contribution in [0.25, 0.3) is 0 Å². The normalized spacial score (nSPS) is 10.6. The summed E-state index contributed by atoms with van der Waals surface area (Å²) in [6.07, 6.45) is 0. The maximum atomic E-state index is 10.0. The van der Waals surface area contributed by atoms with Crippen LogP contribution in [0.4, 0.5) is 0 Å². The van der Waals surface area contributed by atoms with Crippen molar-refractivity contribution in [1.29, 1.82) is 0 Å². The molecule has 0 heterocycles. The molecule has 0 aromatic heterocycles. The summed E-state index contributed by atoms with van der Waals surface area (Å²) in [5, 5.41) is 2.77. The van der Waals surface area contributed by atoms with Crippen LogP contribution in [0.3, 0.4) is 0 Å². The molecular formula is C4H11NNaO3S+. The number of nitrogens with one attached hydrogen (secondary N) is 1. The van der Waals surface area contributed by atoms with Gasteiger partial charge >= 0.3 is 29.6 Å². The van der Waals surface area contributed by atoms with E-state index < -0.39 is 10.1 Å². The van der Waals surface area contributed by atoms with Crippen LogP contribution in [-0.2, 0) is 10.1 Å². The van der Waals surface area contributed by atoms with Crippen molar-refractivity contribution in [2.45, 2.75) is 6.92 Å². The average molecular weight is 176 g/mol. The molecule has 0 amide bonds. The van der Waals surface area contributed by atoms with Crippen molar-refractivity contribution in [1.82, 2.24) is 5.32 Å². The van der Waals surface area contributed by atoms with E-state index in [9.17, 15) is 8.42 Å². The minimum Gasteiger partial charge on any atom is -0.316 e. The van der Waals surface area contributed by atoms with Crippen molar-refractivity contribution in [3.05, 3.63) is 0 Å². The van der Waals surface area contributed by atoms with E-state index >= 15 is 0 Å². The third kappa shape index (κ3) is 11.6. The molecule has 0 atom stereocenters. The van der Waals surface area contributed by atoms with Crippen LogP contribution in [-0.4, -0.2) is 31.8 Å². The van der Waals surface area contributed by atoms with E-state index in [1.165, 1.54) is 0 Å². The molecule has 0 saturated heterocycles. The zero-order chi connectivity index (χ0) is 7.33. The number of hydrogen-bond acceptors (Lipinski definition) is 3. The van der Waals surface area contributed by atoms with Crippen molar-refractivity contribution in [2.24, 2.45) is 0 Å². The smallest absolute Gasteiger partial charge is 0.316 e. The van der Waals surface area contributed by atoms with Crippen molar-refractivity contribution < 1.29 is 42.5 Å². The van der Waals surface area contributed by atoms with Crippen molar-refractivity contribution >= 4 is 10.1 Å². The topological polar surface area (TPSA) is 66.4 Å². The fraction of sp³-hybridized carbons (Fsp3) is 1.00. The summed E-state index contributed by atoms with van der Waals surface area (Å²) < 4.78 is 28.2. The molecule has 0 saturated carbocycles. The first-order valence-electron chi connectivity index (χ1n) is 2.72. The van der Waals surface area contributed by atoms with Crippen molar-refractivity contribution in [2.75, 3.05) is 18.8 Å². The fourth-order valence-electron chi connectivity index (χ4n) is 0.378. The molecule has 0 aliphatic carbocycles.